The fraction of sp³-hybridized carbons (Fsp3) is 0.500. The van der Waals surface area contributed by atoms with Crippen molar-refractivity contribution in [3.8, 4) is 0 Å². The van der Waals surface area contributed by atoms with Gasteiger partial charge in [0.25, 0.3) is 5.91 Å². The van der Waals surface area contributed by atoms with E-state index in [1.165, 1.54) is 7.11 Å². The molecule has 0 bridgehead atoms. The number of methoxy groups -OCH3 is 1. The SMILES string of the molecule is CC[C@@H](C)[C@@H](NC(=O)c1cc(C)cc(C)c1)C(=O)OC. The molecule has 0 heterocycles. The average Bonchev–Trinajstić information content (AvgIpc) is 2.41. The number of nitrogens with one attached hydrogen (secondary N) is 1. The van der Waals surface area contributed by atoms with Gasteiger partial charge in [-0.05, 0) is 31.9 Å². The number of benzene rings is 1. The molecule has 0 aliphatic carbocycles. The van der Waals surface area contributed by atoms with Gasteiger partial charge in [0.05, 0.1) is 7.11 Å². The maximum absolute atomic E-state index is 12.3. The van der Waals surface area contributed by atoms with Crippen LogP contribution in [0, 0.1) is 19.8 Å². The number of aryl methyl sites for hydroxylation is 2. The maximum atomic E-state index is 12.3. The molecular formula is C16H23NO3. The lowest BCUT2D eigenvalue weighted by Crippen LogP contribution is -2.45. The van der Waals surface area contributed by atoms with Crippen molar-refractivity contribution in [2.75, 3.05) is 7.11 Å². The van der Waals surface area contributed by atoms with Gasteiger partial charge in [-0.15, -0.1) is 0 Å². The van der Waals surface area contributed by atoms with Crippen LogP contribution in [0.2, 0.25) is 0 Å². The van der Waals surface area contributed by atoms with Crippen molar-refractivity contribution in [1.29, 1.82) is 0 Å². The summed E-state index contributed by atoms with van der Waals surface area (Å²) < 4.78 is 4.77. The summed E-state index contributed by atoms with van der Waals surface area (Å²) >= 11 is 0. The molecule has 4 heteroatoms. The molecule has 0 saturated heterocycles. The van der Waals surface area contributed by atoms with E-state index in [9.17, 15) is 9.59 Å². The van der Waals surface area contributed by atoms with E-state index in [0.717, 1.165) is 17.5 Å². The molecule has 1 amide bonds. The summed E-state index contributed by atoms with van der Waals surface area (Å²) in [6.07, 6.45) is 0.785. The first kappa shape index (κ1) is 16.2. The second kappa shape index (κ2) is 7.08. The van der Waals surface area contributed by atoms with E-state index in [4.69, 9.17) is 4.74 Å². The van der Waals surface area contributed by atoms with Crippen molar-refractivity contribution >= 4 is 11.9 Å². The van der Waals surface area contributed by atoms with Crippen LogP contribution < -0.4 is 5.32 Å². The van der Waals surface area contributed by atoms with E-state index >= 15 is 0 Å². The van der Waals surface area contributed by atoms with E-state index in [0.29, 0.717) is 5.56 Å². The first-order valence-electron chi connectivity index (χ1n) is 6.86. The molecule has 1 N–H and O–H groups in total. The van der Waals surface area contributed by atoms with Crippen LogP contribution in [0.4, 0.5) is 0 Å². The first-order chi connectivity index (χ1) is 9.38. The molecule has 4 nitrogen and oxygen atoms in total. The van der Waals surface area contributed by atoms with Gasteiger partial charge in [-0.3, -0.25) is 4.79 Å². The molecule has 0 aromatic heterocycles. The number of rotatable bonds is 5. The summed E-state index contributed by atoms with van der Waals surface area (Å²) in [6.45, 7) is 7.78. The van der Waals surface area contributed by atoms with Gasteiger partial charge in [-0.25, -0.2) is 4.79 Å². The van der Waals surface area contributed by atoms with Crippen molar-refractivity contribution in [2.45, 2.75) is 40.2 Å². The molecular weight excluding hydrogens is 254 g/mol. The predicted octanol–water partition coefficient (Wildman–Crippen LogP) is 2.62. The molecule has 1 aromatic carbocycles. The Hall–Kier alpha value is -1.84. The molecule has 20 heavy (non-hydrogen) atoms. The third kappa shape index (κ3) is 4.08. The van der Waals surface area contributed by atoms with Crippen LogP contribution in [0.25, 0.3) is 0 Å². The van der Waals surface area contributed by atoms with Gasteiger partial charge in [0.15, 0.2) is 0 Å². The highest BCUT2D eigenvalue weighted by Crippen LogP contribution is 2.12. The summed E-state index contributed by atoms with van der Waals surface area (Å²) in [7, 11) is 1.33. The van der Waals surface area contributed by atoms with Gasteiger partial charge in [-0.1, -0.05) is 37.5 Å². The molecule has 1 rings (SSSR count). The third-order valence-corrected chi connectivity index (χ3v) is 3.44. The normalized spacial score (nSPS) is 13.4. The monoisotopic (exact) mass is 277 g/mol. The summed E-state index contributed by atoms with van der Waals surface area (Å²) in [5.74, 6) is -0.623. The Morgan fingerprint density at radius 2 is 1.75 bits per heavy atom. The Morgan fingerprint density at radius 3 is 2.20 bits per heavy atom. The lowest BCUT2D eigenvalue weighted by atomic mass is 9.98. The first-order valence-corrected chi connectivity index (χ1v) is 6.86. The number of carbonyl (C=O) groups excluding carboxylic acids is 2. The Balaban J connectivity index is 2.93. The van der Waals surface area contributed by atoms with Gasteiger partial charge in [0.1, 0.15) is 6.04 Å². The van der Waals surface area contributed by atoms with Gasteiger partial charge in [-0.2, -0.15) is 0 Å². The van der Waals surface area contributed by atoms with Gasteiger partial charge >= 0.3 is 5.97 Å². The minimum atomic E-state index is -0.613. The molecule has 1 aromatic rings. The zero-order chi connectivity index (χ0) is 15.3. The predicted molar refractivity (Wildman–Crippen MR) is 78.6 cm³/mol. The molecule has 0 fully saturated rings. The van der Waals surface area contributed by atoms with E-state index in [1.807, 2.05) is 45.9 Å². The summed E-state index contributed by atoms with van der Waals surface area (Å²) in [5.41, 5.74) is 2.61. The Morgan fingerprint density at radius 1 is 1.20 bits per heavy atom. The number of amides is 1. The van der Waals surface area contributed by atoms with E-state index < -0.39 is 12.0 Å². The quantitative estimate of drug-likeness (QED) is 0.842. The zero-order valence-corrected chi connectivity index (χ0v) is 12.8. The molecule has 0 saturated carbocycles. The van der Waals surface area contributed by atoms with Gasteiger partial charge in [0.2, 0.25) is 0 Å². The van der Waals surface area contributed by atoms with Crippen molar-refractivity contribution in [3.05, 3.63) is 34.9 Å². The maximum Gasteiger partial charge on any atom is 0.328 e. The highest BCUT2D eigenvalue weighted by Gasteiger charge is 2.27. The van der Waals surface area contributed by atoms with Crippen LogP contribution in [-0.2, 0) is 9.53 Å². The van der Waals surface area contributed by atoms with E-state index in [-0.39, 0.29) is 11.8 Å². The highest BCUT2D eigenvalue weighted by atomic mass is 16.5. The standard InChI is InChI=1S/C16H23NO3/c1-6-12(4)14(16(19)20-5)17-15(18)13-8-10(2)7-11(3)9-13/h7-9,12,14H,6H2,1-5H3,(H,17,18)/t12-,14-/m1/s1. The summed E-state index contributed by atoms with van der Waals surface area (Å²) in [6, 6.07) is 5.02. The molecule has 0 radical (unpaired) electrons. The lowest BCUT2D eigenvalue weighted by molar-refractivity contribution is -0.144. The van der Waals surface area contributed by atoms with Gasteiger partial charge < -0.3 is 10.1 Å². The van der Waals surface area contributed by atoms with Crippen LogP contribution >= 0.6 is 0 Å². The van der Waals surface area contributed by atoms with Crippen molar-refractivity contribution in [2.24, 2.45) is 5.92 Å². The van der Waals surface area contributed by atoms with E-state index in [2.05, 4.69) is 5.32 Å². The largest absolute Gasteiger partial charge is 0.467 e. The highest BCUT2D eigenvalue weighted by molar-refractivity contribution is 5.97. The van der Waals surface area contributed by atoms with Crippen LogP contribution in [0.3, 0.4) is 0 Å². The minimum Gasteiger partial charge on any atom is -0.467 e. The number of hydrogen-bond acceptors (Lipinski definition) is 3. The van der Waals surface area contributed by atoms with E-state index in [1.54, 1.807) is 0 Å². The van der Waals surface area contributed by atoms with Crippen molar-refractivity contribution in [3.63, 3.8) is 0 Å². The Labute approximate surface area is 120 Å². The fourth-order valence-corrected chi connectivity index (χ4v) is 2.13. The zero-order valence-electron chi connectivity index (χ0n) is 12.8. The lowest BCUT2D eigenvalue weighted by Gasteiger charge is -2.22. The summed E-state index contributed by atoms with van der Waals surface area (Å²) in [4.78, 5) is 24.1. The summed E-state index contributed by atoms with van der Waals surface area (Å²) in [5, 5.41) is 2.78. The van der Waals surface area contributed by atoms with Crippen LogP contribution in [0.15, 0.2) is 18.2 Å². The topological polar surface area (TPSA) is 55.4 Å². The van der Waals surface area contributed by atoms with Crippen molar-refractivity contribution < 1.29 is 14.3 Å². The number of hydrogen-bond donors (Lipinski definition) is 1. The van der Waals surface area contributed by atoms with Crippen LogP contribution in [-0.4, -0.2) is 25.0 Å². The fourth-order valence-electron chi connectivity index (χ4n) is 2.13. The number of esters is 1. The average molecular weight is 277 g/mol. The van der Waals surface area contributed by atoms with Crippen LogP contribution in [0.1, 0.15) is 41.8 Å². The molecule has 2 atom stereocenters. The molecule has 0 aliphatic rings. The molecule has 0 aliphatic heterocycles. The minimum absolute atomic E-state index is 0.0253. The number of carbonyl (C=O) groups is 2. The second-order valence-electron chi connectivity index (χ2n) is 5.24. The van der Waals surface area contributed by atoms with Crippen molar-refractivity contribution in [1.82, 2.24) is 5.32 Å². The molecule has 0 spiro atoms. The molecule has 0 unspecified atom stereocenters. The Kier molecular flexibility index (Phi) is 5.74. The number of ether oxygens (including phenoxy) is 1. The smallest absolute Gasteiger partial charge is 0.328 e. The van der Waals surface area contributed by atoms with Crippen LogP contribution in [0.5, 0.6) is 0 Å². The molecule has 110 valence electrons. The second-order valence-corrected chi connectivity index (χ2v) is 5.24. The Bertz CT molecular complexity index is 476. The third-order valence-electron chi connectivity index (χ3n) is 3.44. The van der Waals surface area contributed by atoms with Gasteiger partial charge in [0, 0.05) is 5.56 Å².